The highest BCUT2D eigenvalue weighted by Gasteiger charge is 2.21. The number of rotatable bonds is 8. The molecule has 0 saturated heterocycles. The molecule has 1 unspecified atom stereocenters. The Hall–Kier alpha value is -1.80. The number of aromatic amines is 1. The van der Waals surface area contributed by atoms with Gasteiger partial charge >= 0.3 is 0 Å². The molecule has 1 N–H and O–H groups in total. The van der Waals surface area contributed by atoms with Crippen molar-refractivity contribution in [1.82, 2.24) is 4.98 Å². The number of hydrogen-bond acceptors (Lipinski definition) is 0. The molecule has 0 aliphatic carbocycles. The second kappa shape index (κ2) is 9.94. The fourth-order valence-electron chi connectivity index (χ4n) is 3.35. The number of nitrogens with one attached hydrogen (secondary N) is 1. The van der Waals surface area contributed by atoms with Gasteiger partial charge in [-0.1, -0.05) is 68.7 Å². The first-order valence-corrected chi connectivity index (χ1v) is 10.3. The second-order valence-corrected chi connectivity index (χ2v) is 7.57. The zero-order chi connectivity index (χ0) is 20.0. The van der Waals surface area contributed by atoms with Crippen LogP contribution in [0.5, 0.6) is 0 Å². The van der Waals surface area contributed by atoms with E-state index in [1.165, 1.54) is 11.1 Å². The largest absolute Gasteiger partial charge is 0.358 e. The lowest BCUT2D eigenvalue weighted by atomic mass is 9.91. The Bertz CT molecular complexity index is 870. The second-order valence-electron chi connectivity index (χ2n) is 7.16. The highest BCUT2D eigenvalue weighted by molar-refractivity contribution is 6.31. The number of allylic oxidation sites excluding steroid dienone is 6. The first kappa shape index (κ1) is 21.5. The van der Waals surface area contributed by atoms with Gasteiger partial charge in [-0.05, 0) is 56.4 Å². The van der Waals surface area contributed by atoms with Gasteiger partial charge in [-0.3, -0.25) is 0 Å². The summed E-state index contributed by atoms with van der Waals surface area (Å²) in [6.07, 6.45) is 12.5. The normalized spacial score (nSPS) is 14.5. The third-order valence-electron chi connectivity index (χ3n) is 5.18. The van der Waals surface area contributed by atoms with Crippen molar-refractivity contribution in [3.05, 3.63) is 69.7 Å². The summed E-state index contributed by atoms with van der Waals surface area (Å²) in [5.41, 5.74) is 5.52. The molecule has 0 amide bonds. The van der Waals surface area contributed by atoms with Gasteiger partial charge in [-0.2, -0.15) is 0 Å². The van der Waals surface area contributed by atoms with Gasteiger partial charge in [0.25, 0.3) is 0 Å². The molecule has 0 bridgehead atoms. The predicted octanol–water partition coefficient (Wildman–Crippen LogP) is 8.27. The summed E-state index contributed by atoms with van der Waals surface area (Å²) in [5.74, 6) is -0.173. The minimum absolute atomic E-state index is 0.138. The van der Waals surface area contributed by atoms with E-state index in [1.54, 1.807) is 6.07 Å². The van der Waals surface area contributed by atoms with Crippen LogP contribution in [0.4, 0.5) is 4.39 Å². The molecule has 2 rings (SSSR count). The predicted molar refractivity (Wildman–Crippen MR) is 117 cm³/mol. The number of H-pyrrole nitrogens is 1. The maximum absolute atomic E-state index is 14.8. The Morgan fingerprint density at radius 2 is 2.00 bits per heavy atom. The van der Waals surface area contributed by atoms with Crippen molar-refractivity contribution >= 4 is 22.5 Å². The summed E-state index contributed by atoms with van der Waals surface area (Å²) < 4.78 is 14.8. The number of unbranched alkanes of at least 4 members (excludes halogenated alkanes) is 1. The monoisotopic (exact) mass is 387 g/mol. The van der Waals surface area contributed by atoms with E-state index in [1.807, 2.05) is 13.0 Å². The molecule has 0 aliphatic rings. The molecule has 1 aromatic carbocycles. The summed E-state index contributed by atoms with van der Waals surface area (Å²) >= 11 is 6.08. The number of halogens is 2. The molecule has 0 fully saturated rings. The van der Waals surface area contributed by atoms with Crippen LogP contribution in [0.15, 0.2) is 47.6 Å². The van der Waals surface area contributed by atoms with Crippen molar-refractivity contribution in [3.8, 4) is 0 Å². The van der Waals surface area contributed by atoms with Crippen molar-refractivity contribution in [2.45, 2.75) is 66.2 Å². The lowest BCUT2D eigenvalue weighted by Crippen LogP contribution is -2.01. The van der Waals surface area contributed by atoms with Gasteiger partial charge in [-0.15, -0.1) is 0 Å². The van der Waals surface area contributed by atoms with Crippen LogP contribution in [-0.2, 0) is 6.42 Å². The van der Waals surface area contributed by atoms with Gasteiger partial charge in [0.2, 0.25) is 0 Å². The van der Waals surface area contributed by atoms with Crippen LogP contribution in [0.3, 0.4) is 0 Å². The van der Waals surface area contributed by atoms with Crippen molar-refractivity contribution in [2.75, 3.05) is 0 Å². The molecule has 146 valence electrons. The van der Waals surface area contributed by atoms with E-state index in [0.29, 0.717) is 5.39 Å². The van der Waals surface area contributed by atoms with E-state index in [0.717, 1.165) is 42.5 Å². The Labute approximate surface area is 168 Å². The average Bonchev–Trinajstić information content (AvgIpc) is 3.04. The molecule has 27 heavy (non-hydrogen) atoms. The van der Waals surface area contributed by atoms with Crippen molar-refractivity contribution < 1.29 is 4.39 Å². The van der Waals surface area contributed by atoms with Crippen molar-refractivity contribution in [1.29, 1.82) is 0 Å². The lowest BCUT2D eigenvalue weighted by molar-refractivity contribution is 0.638. The quantitative estimate of drug-likeness (QED) is 0.438. The Morgan fingerprint density at radius 1 is 1.26 bits per heavy atom. The third kappa shape index (κ3) is 4.93. The number of hydrogen-bond donors (Lipinski definition) is 1. The summed E-state index contributed by atoms with van der Waals surface area (Å²) in [7, 11) is 0. The van der Waals surface area contributed by atoms with Gasteiger partial charge in [-0.25, -0.2) is 4.39 Å². The fraction of sp³-hybridized carbons (Fsp3) is 0.417. The molecule has 0 aliphatic heterocycles. The van der Waals surface area contributed by atoms with Crippen LogP contribution in [-0.4, -0.2) is 4.98 Å². The highest BCUT2D eigenvalue weighted by Crippen LogP contribution is 2.36. The first-order chi connectivity index (χ1) is 12.9. The summed E-state index contributed by atoms with van der Waals surface area (Å²) in [6, 6.07) is 3.51. The minimum atomic E-state index is -0.312. The topological polar surface area (TPSA) is 15.8 Å². The van der Waals surface area contributed by atoms with Gasteiger partial charge in [0.15, 0.2) is 5.82 Å². The summed E-state index contributed by atoms with van der Waals surface area (Å²) in [6.45, 7) is 10.7. The fourth-order valence-corrected chi connectivity index (χ4v) is 3.51. The maximum atomic E-state index is 14.8. The van der Waals surface area contributed by atoms with Gasteiger partial charge in [0, 0.05) is 22.5 Å². The molecule has 1 nitrogen and oxygen atoms in total. The smallest absolute Gasteiger partial charge is 0.151 e. The molecule has 0 saturated carbocycles. The third-order valence-corrected chi connectivity index (χ3v) is 5.47. The van der Waals surface area contributed by atoms with E-state index in [9.17, 15) is 4.39 Å². The van der Waals surface area contributed by atoms with E-state index in [-0.39, 0.29) is 16.8 Å². The summed E-state index contributed by atoms with van der Waals surface area (Å²) in [4.78, 5) is 3.49. The molecular formula is C24H31ClFN. The van der Waals surface area contributed by atoms with Crippen LogP contribution >= 0.6 is 11.6 Å². The Kier molecular flexibility index (Phi) is 7.91. The molecular weight excluding hydrogens is 357 g/mol. The number of aromatic nitrogens is 1. The molecule has 1 heterocycles. The summed E-state index contributed by atoms with van der Waals surface area (Å²) in [5, 5.41) is 0.835. The highest BCUT2D eigenvalue weighted by atomic mass is 35.5. The van der Waals surface area contributed by atoms with E-state index in [2.05, 4.69) is 57.0 Å². The van der Waals surface area contributed by atoms with Crippen LogP contribution < -0.4 is 0 Å². The van der Waals surface area contributed by atoms with Gasteiger partial charge in [0.1, 0.15) is 0 Å². The first-order valence-electron chi connectivity index (χ1n) is 9.92. The van der Waals surface area contributed by atoms with Gasteiger partial charge < -0.3 is 4.98 Å². The molecule has 0 radical (unpaired) electrons. The van der Waals surface area contributed by atoms with E-state index < -0.39 is 0 Å². The molecule has 0 spiro atoms. The zero-order valence-electron chi connectivity index (χ0n) is 17.1. The van der Waals surface area contributed by atoms with Crippen LogP contribution in [0.1, 0.15) is 71.1 Å². The molecule has 2 aromatic rings. The van der Waals surface area contributed by atoms with Crippen molar-refractivity contribution in [2.24, 2.45) is 0 Å². The number of aryl methyl sites for hydroxylation is 1. The number of benzene rings is 1. The molecule has 1 aromatic heterocycles. The minimum Gasteiger partial charge on any atom is -0.358 e. The molecule has 1 atom stereocenters. The number of fused-ring (bicyclic) bond motifs is 1. The van der Waals surface area contributed by atoms with Crippen LogP contribution in [0.25, 0.3) is 10.9 Å². The van der Waals surface area contributed by atoms with Gasteiger partial charge in [0.05, 0.1) is 5.02 Å². The van der Waals surface area contributed by atoms with Crippen molar-refractivity contribution in [3.63, 3.8) is 0 Å². The maximum Gasteiger partial charge on any atom is 0.151 e. The SMILES string of the molecule is C\C=C/C(=C\C=C(/C)CC)C(C)c1[nH]c2ccc(Cl)c(F)c2c1CCCC. The lowest BCUT2D eigenvalue weighted by Gasteiger charge is -2.15. The van der Waals surface area contributed by atoms with Crippen LogP contribution in [0.2, 0.25) is 5.02 Å². The molecule has 3 heteroatoms. The standard InChI is InChI=1S/C24H31ClFN/c1-6-9-11-19-22-21(15-14-20(25)23(22)26)27-24(19)17(5)18(10-7-2)13-12-16(4)8-3/h7,10,12-15,17,27H,6,8-9,11H2,1-5H3/b10-7-,16-12+,18-13+. The Balaban J connectivity index is 2.62. The average molecular weight is 388 g/mol. The van der Waals surface area contributed by atoms with E-state index >= 15 is 0 Å². The van der Waals surface area contributed by atoms with Crippen LogP contribution in [0, 0.1) is 5.82 Å². The van der Waals surface area contributed by atoms with E-state index in [4.69, 9.17) is 11.6 Å². The Morgan fingerprint density at radius 3 is 2.63 bits per heavy atom. The zero-order valence-corrected chi connectivity index (χ0v) is 17.9.